The van der Waals surface area contributed by atoms with Gasteiger partial charge in [0.2, 0.25) is 0 Å². The van der Waals surface area contributed by atoms with Crippen LogP contribution in [0, 0.1) is 5.92 Å². The van der Waals surface area contributed by atoms with E-state index in [4.69, 9.17) is 16.3 Å². The van der Waals surface area contributed by atoms with E-state index in [1.54, 1.807) is 26.8 Å². The van der Waals surface area contributed by atoms with E-state index in [2.05, 4.69) is 0 Å². The molecular formula is C16H24ClNO4. The van der Waals surface area contributed by atoms with Gasteiger partial charge in [0.25, 0.3) is 0 Å². The molecule has 22 heavy (non-hydrogen) atoms. The van der Waals surface area contributed by atoms with Gasteiger partial charge >= 0.3 is 6.09 Å². The summed E-state index contributed by atoms with van der Waals surface area (Å²) in [6.45, 7) is 5.80. The molecule has 124 valence electrons. The lowest BCUT2D eigenvalue weighted by Crippen LogP contribution is -2.60. The van der Waals surface area contributed by atoms with Gasteiger partial charge in [-0.3, -0.25) is 0 Å². The van der Waals surface area contributed by atoms with Crippen LogP contribution in [0.3, 0.4) is 0 Å². The molecule has 1 fully saturated rings. The number of likely N-dealkylation sites (tertiary alicyclic amines) is 1. The number of amides is 1. The van der Waals surface area contributed by atoms with E-state index in [-0.39, 0.29) is 12.5 Å². The number of halogens is 1. The zero-order valence-corrected chi connectivity index (χ0v) is 14.0. The third kappa shape index (κ3) is 3.83. The molecule has 1 saturated heterocycles. The Labute approximate surface area is 136 Å². The molecule has 5 nitrogen and oxygen atoms in total. The minimum absolute atomic E-state index is 0.0627. The van der Waals surface area contributed by atoms with Crippen molar-refractivity contribution in [1.29, 1.82) is 0 Å². The highest BCUT2D eigenvalue weighted by Crippen LogP contribution is 2.36. The Morgan fingerprint density at radius 3 is 2.68 bits per heavy atom. The lowest BCUT2D eigenvalue weighted by atomic mass is 9.75. The van der Waals surface area contributed by atoms with Crippen LogP contribution in [0.2, 0.25) is 0 Å². The van der Waals surface area contributed by atoms with E-state index in [9.17, 15) is 15.0 Å². The molecule has 1 aliphatic carbocycles. The molecule has 0 aromatic rings. The molecule has 0 radical (unpaired) electrons. The summed E-state index contributed by atoms with van der Waals surface area (Å²) >= 11 is 5.89. The van der Waals surface area contributed by atoms with Crippen LogP contribution >= 0.6 is 11.6 Å². The fourth-order valence-corrected chi connectivity index (χ4v) is 2.99. The van der Waals surface area contributed by atoms with Crippen molar-refractivity contribution < 1.29 is 19.7 Å². The first-order valence-corrected chi connectivity index (χ1v) is 7.92. The van der Waals surface area contributed by atoms with Gasteiger partial charge in [0, 0.05) is 17.5 Å². The Bertz CT molecular complexity index is 497. The summed E-state index contributed by atoms with van der Waals surface area (Å²) < 4.78 is 5.31. The van der Waals surface area contributed by atoms with Gasteiger partial charge in [0.15, 0.2) is 0 Å². The number of β-amino-alcohol motifs (C(OH)–C–C–N with tert-alkyl or cyclic N) is 1. The van der Waals surface area contributed by atoms with Crippen molar-refractivity contribution in [2.75, 3.05) is 13.1 Å². The summed E-state index contributed by atoms with van der Waals surface area (Å²) in [5, 5.41) is 21.8. The van der Waals surface area contributed by atoms with E-state index >= 15 is 0 Å². The first kappa shape index (κ1) is 17.3. The van der Waals surface area contributed by atoms with Crippen LogP contribution in [-0.4, -0.2) is 51.6 Å². The summed E-state index contributed by atoms with van der Waals surface area (Å²) in [6, 6.07) is 0. The average Bonchev–Trinajstić information content (AvgIpc) is 2.40. The molecule has 2 rings (SSSR count). The maximum atomic E-state index is 12.1. The second kappa shape index (κ2) is 6.22. The van der Waals surface area contributed by atoms with Gasteiger partial charge < -0.3 is 19.8 Å². The molecule has 1 heterocycles. The number of allylic oxidation sites excluding steroid dienone is 3. The van der Waals surface area contributed by atoms with Crippen molar-refractivity contribution >= 4 is 17.7 Å². The third-order valence-electron chi connectivity index (χ3n) is 4.10. The molecule has 0 aromatic heterocycles. The Kier molecular flexibility index (Phi) is 4.90. The second-order valence-electron chi connectivity index (χ2n) is 6.97. The van der Waals surface area contributed by atoms with Gasteiger partial charge in [-0.05, 0) is 39.7 Å². The molecule has 0 aromatic carbocycles. The lowest BCUT2D eigenvalue weighted by molar-refractivity contribution is -0.139. The maximum Gasteiger partial charge on any atom is 0.410 e. The molecule has 6 heteroatoms. The highest BCUT2D eigenvalue weighted by Gasteiger charge is 2.47. The summed E-state index contributed by atoms with van der Waals surface area (Å²) in [5.41, 5.74) is -1.83. The number of aliphatic hydroxyl groups is 2. The second-order valence-corrected chi connectivity index (χ2v) is 7.41. The largest absolute Gasteiger partial charge is 0.444 e. The number of hydrogen-bond acceptors (Lipinski definition) is 4. The smallest absolute Gasteiger partial charge is 0.410 e. The summed E-state index contributed by atoms with van der Waals surface area (Å²) in [4.78, 5) is 13.5. The Balaban J connectivity index is 2.01. The molecule has 2 N–H and O–H groups in total. The van der Waals surface area contributed by atoms with Crippen molar-refractivity contribution in [3.8, 4) is 0 Å². The van der Waals surface area contributed by atoms with Crippen molar-refractivity contribution in [2.45, 2.75) is 50.9 Å². The van der Waals surface area contributed by atoms with Crippen LogP contribution in [0.15, 0.2) is 23.3 Å². The first-order chi connectivity index (χ1) is 10.1. The number of ether oxygens (including phenoxy) is 1. The molecule has 2 aliphatic rings. The topological polar surface area (TPSA) is 70.0 Å². The van der Waals surface area contributed by atoms with Crippen molar-refractivity contribution in [2.24, 2.45) is 5.92 Å². The minimum atomic E-state index is -1.25. The molecular weight excluding hydrogens is 306 g/mol. The molecule has 1 amide bonds. The Hall–Kier alpha value is -1.04. The van der Waals surface area contributed by atoms with Crippen LogP contribution in [0.5, 0.6) is 0 Å². The van der Waals surface area contributed by atoms with E-state index < -0.39 is 23.4 Å². The van der Waals surface area contributed by atoms with Crippen molar-refractivity contribution in [3.63, 3.8) is 0 Å². The van der Waals surface area contributed by atoms with Gasteiger partial charge in [0.05, 0.1) is 6.54 Å². The number of hydrogen-bond donors (Lipinski definition) is 2. The van der Waals surface area contributed by atoms with Crippen LogP contribution < -0.4 is 0 Å². The molecule has 0 saturated carbocycles. The highest BCUT2D eigenvalue weighted by molar-refractivity contribution is 6.31. The lowest BCUT2D eigenvalue weighted by Gasteiger charge is -2.45. The predicted octanol–water partition coefficient (Wildman–Crippen LogP) is 2.42. The van der Waals surface area contributed by atoms with Gasteiger partial charge in [-0.25, -0.2) is 4.79 Å². The normalized spacial score (nSPS) is 32.6. The number of nitrogens with zero attached hydrogens (tertiary/aromatic N) is 1. The number of rotatable bonds is 1. The molecule has 3 atom stereocenters. The highest BCUT2D eigenvalue weighted by atomic mass is 35.5. The summed E-state index contributed by atoms with van der Waals surface area (Å²) in [5.74, 6) is -0.203. The fraction of sp³-hybridized carbons (Fsp3) is 0.688. The molecule has 1 unspecified atom stereocenters. The number of aliphatic hydroxyl groups excluding tert-OH is 1. The van der Waals surface area contributed by atoms with Gasteiger partial charge in [0.1, 0.15) is 17.3 Å². The zero-order chi connectivity index (χ0) is 16.5. The molecule has 1 aliphatic heterocycles. The Morgan fingerprint density at radius 2 is 2.18 bits per heavy atom. The van der Waals surface area contributed by atoms with Crippen LogP contribution in [0.1, 0.15) is 33.6 Å². The van der Waals surface area contributed by atoms with Gasteiger partial charge in [-0.1, -0.05) is 23.8 Å². The fourth-order valence-electron chi connectivity index (χ4n) is 2.83. The van der Waals surface area contributed by atoms with E-state index in [0.29, 0.717) is 24.4 Å². The average molecular weight is 330 g/mol. The maximum absolute atomic E-state index is 12.1. The van der Waals surface area contributed by atoms with Crippen LogP contribution in [-0.2, 0) is 4.74 Å². The van der Waals surface area contributed by atoms with E-state index in [0.717, 1.165) is 0 Å². The van der Waals surface area contributed by atoms with E-state index in [1.807, 2.05) is 12.2 Å². The monoisotopic (exact) mass is 329 g/mol. The predicted molar refractivity (Wildman–Crippen MR) is 84.6 cm³/mol. The quantitative estimate of drug-likeness (QED) is 0.775. The van der Waals surface area contributed by atoms with Gasteiger partial charge in [-0.15, -0.1) is 0 Å². The number of carbonyl (C=O) groups excluding carboxylic acids is 1. The number of carbonyl (C=O) groups is 1. The molecule has 0 bridgehead atoms. The summed E-state index contributed by atoms with van der Waals surface area (Å²) in [7, 11) is 0. The minimum Gasteiger partial charge on any atom is -0.444 e. The van der Waals surface area contributed by atoms with Crippen molar-refractivity contribution in [1.82, 2.24) is 4.90 Å². The standard InChI is InChI=1S/C16H24ClNO4/c1-15(2,3)22-14(20)18-9-8-16(21,13(19)10-18)11-4-6-12(17)7-5-11/h4,6-7,11,13,19,21H,5,8-10H2,1-3H3/t11?,13-,16-/m1/s1. The van der Waals surface area contributed by atoms with Crippen molar-refractivity contribution in [3.05, 3.63) is 23.3 Å². The number of piperidine rings is 1. The SMILES string of the molecule is CC(C)(C)OC(=O)N1CC[C@@](O)(C2C=CC(Cl)=CC2)[C@H](O)C1. The van der Waals surface area contributed by atoms with Gasteiger partial charge in [-0.2, -0.15) is 0 Å². The summed E-state index contributed by atoms with van der Waals surface area (Å²) in [6.07, 6.45) is 4.79. The van der Waals surface area contributed by atoms with Crippen LogP contribution in [0.4, 0.5) is 4.79 Å². The first-order valence-electron chi connectivity index (χ1n) is 7.54. The molecule has 0 spiro atoms. The Morgan fingerprint density at radius 1 is 1.50 bits per heavy atom. The van der Waals surface area contributed by atoms with E-state index in [1.165, 1.54) is 4.90 Å². The third-order valence-corrected chi connectivity index (χ3v) is 4.38. The van der Waals surface area contributed by atoms with Crippen LogP contribution in [0.25, 0.3) is 0 Å². The zero-order valence-electron chi connectivity index (χ0n) is 13.3.